The van der Waals surface area contributed by atoms with Crippen LogP contribution in [-0.2, 0) is 11.2 Å². The first-order chi connectivity index (χ1) is 8.69. The Bertz CT molecular complexity index is 394. The smallest absolute Gasteiger partial charge is 0.225 e. The Morgan fingerprint density at radius 1 is 1.33 bits per heavy atom. The fourth-order valence-corrected chi connectivity index (χ4v) is 3.44. The van der Waals surface area contributed by atoms with Crippen molar-refractivity contribution in [3.8, 4) is 0 Å². The minimum absolute atomic E-state index is 0.174. The van der Waals surface area contributed by atoms with Crippen LogP contribution in [0.3, 0.4) is 0 Å². The molecule has 0 saturated heterocycles. The molecular formula is C14H22N2OS. The number of aryl methyl sites for hydroxylation is 1. The topological polar surface area (TPSA) is 41.1 Å². The van der Waals surface area contributed by atoms with Crippen molar-refractivity contribution in [1.29, 1.82) is 0 Å². The molecule has 2 N–H and O–H groups in total. The summed E-state index contributed by atoms with van der Waals surface area (Å²) in [6, 6.07) is 3.09. The fourth-order valence-electron chi connectivity index (χ4n) is 2.54. The van der Waals surface area contributed by atoms with E-state index in [-0.39, 0.29) is 5.91 Å². The van der Waals surface area contributed by atoms with Crippen molar-refractivity contribution in [3.63, 3.8) is 0 Å². The molecule has 0 bridgehead atoms. The van der Waals surface area contributed by atoms with Gasteiger partial charge in [-0.05, 0) is 56.7 Å². The molecule has 0 aliphatic heterocycles. The van der Waals surface area contributed by atoms with Crippen LogP contribution >= 0.6 is 11.3 Å². The maximum absolute atomic E-state index is 12.0. The molecule has 0 aromatic carbocycles. The molecule has 1 saturated carbocycles. The van der Waals surface area contributed by atoms with Crippen LogP contribution < -0.4 is 10.6 Å². The molecule has 2 rings (SSSR count). The van der Waals surface area contributed by atoms with Crippen molar-refractivity contribution < 1.29 is 4.79 Å². The molecule has 0 spiro atoms. The molecule has 1 amide bonds. The SMILES string of the molecule is CNC1CCC(NC(=O)Cc2sccc2C)CC1. The summed E-state index contributed by atoms with van der Waals surface area (Å²) < 4.78 is 0. The van der Waals surface area contributed by atoms with Crippen molar-refractivity contribution in [3.05, 3.63) is 21.9 Å². The van der Waals surface area contributed by atoms with Gasteiger partial charge in [0.1, 0.15) is 0 Å². The third-order valence-electron chi connectivity index (χ3n) is 3.79. The van der Waals surface area contributed by atoms with Gasteiger partial charge in [0.05, 0.1) is 6.42 Å². The standard InChI is InChI=1S/C14H22N2OS/c1-10-7-8-18-13(10)9-14(17)16-12-5-3-11(15-2)4-6-12/h7-8,11-12,15H,3-6,9H2,1-2H3,(H,16,17). The normalized spacial score (nSPS) is 23.9. The van der Waals surface area contributed by atoms with Crippen LogP contribution in [0.2, 0.25) is 0 Å². The van der Waals surface area contributed by atoms with Gasteiger partial charge >= 0.3 is 0 Å². The van der Waals surface area contributed by atoms with Crippen LogP contribution in [0.1, 0.15) is 36.1 Å². The average Bonchev–Trinajstić information content (AvgIpc) is 2.76. The highest BCUT2D eigenvalue weighted by atomic mass is 32.1. The molecule has 3 nitrogen and oxygen atoms in total. The van der Waals surface area contributed by atoms with E-state index in [0.717, 1.165) is 12.8 Å². The number of hydrogen-bond acceptors (Lipinski definition) is 3. The summed E-state index contributed by atoms with van der Waals surface area (Å²) in [5, 5.41) is 8.53. The Balaban J connectivity index is 1.77. The van der Waals surface area contributed by atoms with Crippen molar-refractivity contribution in [1.82, 2.24) is 10.6 Å². The Morgan fingerprint density at radius 2 is 2.00 bits per heavy atom. The molecule has 100 valence electrons. The van der Waals surface area contributed by atoms with E-state index in [1.165, 1.54) is 23.3 Å². The first-order valence-corrected chi connectivity index (χ1v) is 7.56. The molecule has 0 atom stereocenters. The van der Waals surface area contributed by atoms with Gasteiger partial charge in [0.2, 0.25) is 5.91 Å². The van der Waals surface area contributed by atoms with E-state index in [2.05, 4.69) is 29.0 Å². The van der Waals surface area contributed by atoms with Gasteiger partial charge < -0.3 is 10.6 Å². The zero-order chi connectivity index (χ0) is 13.0. The van der Waals surface area contributed by atoms with E-state index >= 15 is 0 Å². The fraction of sp³-hybridized carbons (Fsp3) is 0.643. The Kier molecular flexibility index (Phi) is 4.78. The molecule has 0 unspecified atom stereocenters. The highest BCUT2D eigenvalue weighted by molar-refractivity contribution is 7.10. The van der Waals surface area contributed by atoms with Gasteiger partial charge in [0.15, 0.2) is 0 Å². The van der Waals surface area contributed by atoms with Crippen LogP contribution in [-0.4, -0.2) is 25.0 Å². The lowest BCUT2D eigenvalue weighted by Crippen LogP contribution is -2.41. The van der Waals surface area contributed by atoms with Gasteiger partial charge in [-0.1, -0.05) is 0 Å². The predicted molar refractivity (Wildman–Crippen MR) is 76.0 cm³/mol. The van der Waals surface area contributed by atoms with E-state index in [4.69, 9.17) is 0 Å². The van der Waals surface area contributed by atoms with Crippen molar-refractivity contribution in [2.75, 3.05) is 7.05 Å². The van der Waals surface area contributed by atoms with Crippen molar-refractivity contribution in [2.24, 2.45) is 0 Å². The molecule has 1 aliphatic rings. The van der Waals surface area contributed by atoms with E-state index in [1.807, 2.05) is 7.05 Å². The van der Waals surface area contributed by atoms with E-state index in [9.17, 15) is 4.79 Å². The molecular weight excluding hydrogens is 244 g/mol. The van der Waals surface area contributed by atoms with Crippen LogP contribution in [0.5, 0.6) is 0 Å². The van der Waals surface area contributed by atoms with Crippen LogP contribution in [0.15, 0.2) is 11.4 Å². The lowest BCUT2D eigenvalue weighted by Gasteiger charge is -2.28. The maximum atomic E-state index is 12.0. The summed E-state index contributed by atoms with van der Waals surface area (Å²) in [5.41, 5.74) is 1.23. The molecule has 0 radical (unpaired) electrons. The van der Waals surface area contributed by atoms with Gasteiger partial charge in [-0.25, -0.2) is 0 Å². The Morgan fingerprint density at radius 3 is 2.56 bits per heavy atom. The molecule has 1 aliphatic carbocycles. The van der Waals surface area contributed by atoms with Crippen LogP contribution in [0.4, 0.5) is 0 Å². The first kappa shape index (κ1) is 13.6. The van der Waals surface area contributed by atoms with E-state index in [1.54, 1.807) is 11.3 Å². The average molecular weight is 266 g/mol. The third-order valence-corrected chi connectivity index (χ3v) is 4.81. The first-order valence-electron chi connectivity index (χ1n) is 6.68. The number of rotatable bonds is 4. The van der Waals surface area contributed by atoms with Gasteiger partial charge in [0.25, 0.3) is 0 Å². The number of carbonyl (C=O) groups is 1. The summed E-state index contributed by atoms with van der Waals surface area (Å²) in [6.07, 6.45) is 5.07. The second kappa shape index (κ2) is 6.34. The summed E-state index contributed by atoms with van der Waals surface area (Å²) in [5.74, 6) is 0.174. The number of thiophene rings is 1. The minimum Gasteiger partial charge on any atom is -0.353 e. The lowest BCUT2D eigenvalue weighted by atomic mass is 9.91. The lowest BCUT2D eigenvalue weighted by molar-refractivity contribution is -0.121. The zero-order valence-corrected chi connectivity index (χ0v) is 12.0. The van der Waals surface area contributed by atoms with Gasteiger partial charge in [-0.2, -0.15) is 0 Å². The second-order valence-corrected chi connectivity index (χ2v) is 6.11. The molecule has 1 aromatic heterocycles. The third kappa shape index (κ3) is 3.56. The summed E-state index contributed by atoms with van der Waals surface area (Å²) in [6.45, 7) is 2.07. The second-order valence-electron chi connectivity index (χ2n) is 5.11. The molecule has 18 heavy (non-hydrogen) atoms. The summed E-state index contributed by atoms with van der Waals surface area (Å²) >= 11 is 1.67. The monoisotopic (exact) mass is 266 g/mol. The van der Waals surface area contributed by atoms with Gasteiger partial charge in [0, 0.05) is 17.0 Å². The van der Waals surface area contributed by atoms with Gasteiger partial charge in [-0.3, -0.25) is 4.79 Å². The Labute approximate surface area is 113 Å². The largest absolute Gasteiger partial charge is 0.353 e. The number of amides is 1. The molecule has 1 aromatic rings. The van der Waals surface area contributed by atoms with Crippen molar-refractivity contribution >= 4 is 17.2 Å². The highest BCUT2D eigenvalue weighted by Crippen LogP contribution is 2.19. The number of hydrogen-bond donors (Lipinski definition) is 2. The van der Waals surface area contributed by atoms with Crippen molar-refractivity contribution in [2.45, 2.75) is 51.1 Å². The minimum atomic E-state index is 0.174. The quantitative estimate of drug-likeness (QED) is 0.877. The summed E-state index contributed by atoms with van der Waals surface area (Å²) in [7, 11) is 2.02. The molecule has 1 fully saturated rings. The van der Waals surface area contributed by atoms with Crippen LogP contribution in [0.25, 0.3) is 0 Å². The van der Waals surface area contributed by atoms with E-state index in [0.29, 0.717) is 18.5 Å². The number of carbonyl (C=O) groups excluding carboxylic acids is 1. The Hall–Kier alpha value is -0.870. The number of nitrogens with one attached hydrogen (secondary N) is 2. The zero-order valence-electron chi connectivity index (χ0n) is 11.2. The summed E-state index contributed by atoms with van der Waals surface area (Å²) in [4.78, 5) is 13.2. The van der Waals surface area contributed by atoms with Crippen LogP contribution in [0, 0.1) is 6.92 Å². The molecule has 4 heteroatoms. The maximum Gasteiger partial charge on any atom is 0.225 e. The van der Waals surface area contributed by atoms with E-state index < -0.39 is 0 Å². The van der Waals surface area contributed by atoms with Gasteiger partial charge in [-0.15, -0.1) is 11.3 Å². The molecule has 1 heterocycles. The highest BCUT2D eigenvalue weighted by Gasteiger charge is 2.21. The predicted octanol–water partition coefficient (Wildman–Crippen LogP) is 2.25.